The van der Waals surface area contributed by atoms with Gasteiger partial charge in [0.25, 0.3) is 0 Å². The molecule has 0 unspecified atom stereocenters. The molecule has 0 atom stereocenters. The summed E-state index contributed by atoms with van der Waals surface area (Å²) in [5.74, 6) is -0.284. The Morgan fingerprint density at radius 2 is 1.70 bits per heavy atom. The molecule has 0 saturated carbocycles. The van der Waals surface area contributed by atoms with Crippen LogP contribution < -0.4 is 10.6 Å². The standard InChI is InChI=1S/C18H22F3N5O2S.U/c1-6-26(7-2)16-24-13(9-14(25-16)17(3,4)29(5,27)28)11-10-23-15(22)8-12(11)18(19,20)21;/h8-10H,1-2,6-7H2,3-5H3,(H2,22,23);/q-2;+2. The maximum absolute atomic E-state index is 13.6. The number of nitrogens with zero attached hydrogens (tertiary/aromatic N) is 4. The maximum Gasteiger partial charge on any atom is 2.00 e. The predicted molar refractivity (Wildman–Crippen MR) is 105 cm³/mol. The molecule has 0 bridgehead atoms. The first-order chi connectivity index (χ1) is 13.2. The molecule has 0 aromatic carbocycles. The van der Waals surface area contributed by atoms with Gasteiger partial charge in [-0.3, -0.25) is 0 Å². The third kappa shape index (κ3) is 5.45. The van der Waals surface area contributed by atoms with Crippen LogP contribution in [-0.4, -0.2) is 42.7 Å². The number of aromatic nitrogens is 3. The van der Waals surface area contributed by atoms with Gasteiger partial charge < -0.3 is 24.5 Å². The Kier molecular flexibility index (Phi) is 8.36. The number of halogens is 3. The van der Waals surface area contributed by atoms with Gasteiger partial charge in [0.15, 0.2) is 9.84 Å². The first kappa shape index (κ1) is 26.7. The van der Waals surface area contributed by atoms with Crippen LogP contribution in [-0.2, 0) is 20.8 Å². The summed E-state index contributed by atoms with van der Waals surface area (Å²) in [6.45, 7) is 10.6. The molecule has 2 rings (SSSR count). The second-order valence-corrected chi connectivity index (χ2v) is 9.43. The van der Waals surface area contributed by atoms with E-state index in [-0.39, 0.29) is 72.9 Å². The Bertz CT molecular complexity index is 1010. The van der Waals surface area contributed by atoms with Crippen LogP contribution in [0, 0.1) is 45.0 Å². The molecule has 0 radical (unpaired) electrons. The summed E-state index contributed by atoms with van der Waals surface area (Å²) < 4.78 is 63.8. The van der Waals surface area contributed by atoms with E-state index in [9.17, 15) is 21.6 Å². The molecule has 2 aromatic heterocycles. The molecule has 2 aromatic rings. The third-order valence-corrected chi connectivity index (χ3v) is 6.65. The monoisotopic (exact) mass is 667 g/mol. The van der Waals surface area contributed by atoms with Gasteiger partial charge in [-0.2, -0.15) is 13.2 Å². The topological polar surface area (TPSA) is 102 Å². The zero-order chi connectivity index (χ0) is 22.2. The number of hydrogen-bond donors (Lipinski definition) is 1. The van der Waals surface area contributed by atoms with E-state index in [0.717, 1.165) is 12.5 Å². The van der Waals surface area contributed by atoms with Crippen LogP contribution >= 0.6 is 0 Å². The summed E-state index contributed by atoms with van der Waals surface area (Å²) in [7, 11) is -3.65. The largest absolute Gasteiger partial charge is 2.00 e. The number of hydrogen-bond acceptors (Lipinski definition) is 7. The van der Waals surface area contributed by atoms with Gasteiger partial charge in [0.2, 0.25) is 5.95 Å². The van der Waals surface area contributed by atoms with Crippen LogP contribution in [0.4, 0.5) is 24.9 Å². The van der Waals surface area contributed by atoms with Crippen molar-refractivity contribution >= 4 is 21.6 Å². The Morgan fingerprint density at radius 1 is 1.13 bits per heavy atom. The predicted octanol–water partition coefficient (Wildman–Crippen LogP) is 2.89. The van der Waals surface area contributed by atoms with Crippen LogP contribution in [0.3, 0.4) is 0 Å². The van der Waals surface area contributed by atoms with E-state index in [1.54, 1.807) is 0 Å². The molecule has 2 heterocycles. The second kappa shape index (κ2) is 9.41. The van der Waals surface area contributed by atoms with Gasteiger partial charge in [-0.05, 0) is 26.0 Å². The first-order valence-electron chi connectivity index (χ1n) is 8.48. The maximum atomic E-state index is 13.6. The number of alkyl halides is 3. The summed E-state index contributed by atoms with van der Waals surface area (Å²) in [5, 5.41) is 0. The SMILES string of the molecule is [CH2-]CN(C[CH2-])c1nc(-c2cnc(N)cc2C(F)(F)F)cc(C(C)(C)S(C)(=O)=O)n1.[U+2]. The molecule has 12 heteroatoms. The minimum Gasteiger partial charge on any atom is -0.401 e. The average Bonchev–Trinajstić information content (AvgIpc) is 2.60. The Hall–Kier alpha value is -1.38. The Labute approximate surface area is 198 Å². The molecule has 0 saturated heterocycles. The molecule has 30 heavy (non-hydrogen) atoms. The van der Waals surface area contributed by atoms with Gasteiger partial charge >= 0.3 is 37.3 Å². The van der Waals surface area contributed by atoms with E-state index in [1.807, 2.05) is 0 Å². The Balaban J connectivity index is 0.00000450. The van der Waals surface area contributed by atoms with Crippen LogP contribution in [0.2, 0.25) is 0 Å². The van der Waals surface area contributed by atoms with Crippen molar-refractivity contribution < 1.29 is 52.7 Å². The van der Waals surface area contributed by atoms with E-state index in [2.05, 4.69) is 28.8 Å². The molecular formula is C18H22F3N5O2SU. The molecule has 0 spiro atoms. The second-order valence-electron chi connectivity index (χ2n) is 6.86. The normalized spacial score (nSPS) is 12.4. The van der Waals surface area contributed by atoms with Crippen molar-refractivity contribution in [3.63, 3.8) is 0 Å². The van der Waals surface area contributed by atoms with E-state index in [4.69, 9.17) is 5.73 Å². The zero-order valence-corrected chi connectivity index (χ0v) is 21.8. The number of anilines is 2. The van der Waals surface area contributed by atoms with Crippen molar-refractivity contribution in [1.29, 1.82) is 0 Å². The van der Waals surface area contributed by atoms with E-state index < -0.39 is 26.3 Å². The van der Waals surface area contributed by atoms with Gasteiger partial charge in [-0.25, -0.2) is 23.4 Å². The van der Waals surface area contributed by atoms with Crippen LogP contribution in [0.25, 0.3) is 11.3 Å². The molecule has 2 N–H and O–H groups in total. The number of nitrogen functional groups attached to an aromatic ring is 1. The summed E-state index contributed by atoms with van der Waals surface area (Å²) in [6, 6.07) is 1.93. The molecule has 0 amide bonds. The van der Waals surface area contributed by atoms with Crippen molar-refractivity contribution in [2.45, 2.75) is 24.8 Å². The van der Waals surface area contributed by atoms with Crippen LogP contribution in [0.5, 0.6) is 0 Å². The van der Waals surface area contributed by atoms with Gasteiger partial charge in [0, 0.05) is 18.0 Å². The minimum atomic E-state index is -4.72. The number of sulfone groups is 1. The van der Waals surface area contributed by atoms with Crippen molar-refractivity contribution in [1.82, 2.24) is 15.0 Å². The fraction of sp³-hybridized carbons (Fsp3) is 0.389. The summed E-state index contributed by atoms with van der Waals surface area (Å²) in [4.78, 5) is 13.7. The third-order valence-electron chi connectivity index (χ3n) is 4.59. The van der Waals surface area contributed by atoms with Crippen molar-refractivity contribution in [2.24, 2.45) is 0 Å². The number of pyridine rings is 1. The van der Waals surface area contributed by atoms with Gasteiger partial charge in [-0.15, -0.1) is 13.1 Å². The molecule has 0 fully saturated rings. The average molecular weight is 667 g/mol. The first-order valence-corrected chi connectivity index (χ1v) is 10.4. The molecule has 162 valence electrons. The van der Waals surface area contributed by atoms with E-state index >= 15 is 0 Å². The molecule has 0 aliphatic carbocycles. The quantitative estimate of drug-likeness (QED) is 0.473. The van der Waals surface area contributed by atoms with Gasteiger partial charge in [-0.1, -0.05) is 0 Å². The van der Waals surface area contributed by atoms with Crippen molar-refractivity contribution in [3.8, 4) is 11.3 Å². The van der Waals surface area contributed by atoms with Gasteiger partial charge in [0.1, 0.15) is 10.6 Å². The molecule has 0 aliphatic heterocycles. The van der Waals surface area contributed by atoms with Crippen molar-refractivity contribution in [3.05, 3.63) is 43.4 Å². The van der Waals surface area contributed by atoms with Crippen LogP contribution in [0.15, 0.2) is 18.3 Å². The molecular weight excluding hydrogens is 645 g/mol. The zero-order valence-electron chi connectivity index (χ0n) is 16.8. The number of rotatable bonds is 6. The smallest absolute Gasteiger partial charge is 0.401 e. The van der Waals surface area contributed by atoms with E-state index in [0.29, 0.717) is 6.07 Å². The summed E-state index contributed by atoms with van der Waals surface area (Å²) in [6.07, 6.45) is -2.73. The number of nitrogens with two attached hydrogens (primary N) is 1. The Morgan fingerprint density at radius 3 is 2.17 bits per heavy atom. The summed E-state index contributed by atoms with van der Waals surface area (Å²) >= 11 is 0. The van der Waals surface area contributed by atoms with Crippen molar-refractivity contribution in [2.75, 3.05) is 30.0 Å². The summed E-state index contributed by atoms with van der Waals surface area (Å²) in [5.41, 5.74) is 3.97. The minimum absolute atomic E-state index is 0. The van der Waals surface area contributed by atoms with Gasteiger partial charge in [0.05, 0.1) is 17.0 Å². The fourth-order valence-corrected chi connectivity index (χ4v) is 2.92. The van der Waals surface area contributed by atoms with Crippen LogP contribution in [0.1, 0.15) is 25.1 Å². The fourth-order valence-electron chi connectivity index (χ4n) is 2.43. The van der Waals surface area contributed by atoms with E-state index in [1.165, 1.54) is 24.8 Å². The molecule has 7 nitrogen and oxygen atoms in total. The molecule has 0 aliphatic rings.